The minimum absolute atomic E-state index is 0.0765. The van der Waals surface area contributed by atoms with E-state index in [9.17, 15) is 19.5 Å². The van der Waals surface area contributed by atoms with Crippen LogP contribution in [0.25, 0.3) is 5.53 Å². The molecule has 9 heteroatoms. The lowest BCUT2D eigenvalue weighted by molar-refractivity contribution is -0.143. The van der Waals surface area contributed by atoms with Crippen molar-refractivity contribution in [2.75, 3.05) is 0 Å². The number of aliphatic hydroxyl groups excluding tert-OH is 1. The monoisotopic (exact) mass is 306 g/mol. The average molecular weight is 306 g/mol. The number of ketones is 1. The van der Waals surface area contributed by atoms with Gasteiger partial charge in [0.2, 0.25) is 5.78 Å². The first-order chi connectivity index (χ1) is 10.5. The highest BCUT2D eigenvalue weighted by molar-refractivity contribution is 6.25. The first kappa shape index (κ1) is 17.2. The Labute approximate surface area is 125 Å². The van der Waals surface area contributed by atoms with Crippen LogP contribution in [0.3, 0.4) is 0 Å². The fourth-order valence-corrected chi connectivity index (χ4v) is 1.60. The zero-order chi connectivity index (χ0) is 16.5. The lowest BCUT2D eigenvalue weighted by Crippen LogP contribution is -2.43. The Morgan fingerprint density at radius 1 is 1.41 bits per heavy atom. The molecule has 0 aliphatic carbocycles. The van der Waals surface area contributed by atoms with E-state index in [4.69, 9.17) is 10.6 Å². The van der Waals surface area contributed by atoms with Gasteiger partial charge >= 0.3 is 12.2 Å². The van der Waals surface area contributed by atoms with Crippen LogP contribution in [-0.2, 0) is 14.4 Å². The third kappa shape index (κ3) is 5.23. The number of carboxylic acids is 1. The Morgan fingerprint density at radius 3 is 2.68 bits per heavy atom. The van der Waals surface area contributed by atoms with E-state index in [1.54, 1.807) is 12.1 Å². The summed E-state index contributed by atoms with van der Waals surface area (Å²) in [6.07, 6.45) is -0.0311. The number of Topliss-reactive ketones (excluding diaryl/α,β-unsaturated/α-hetero) is 1. The Balaban J connectivity index is 2.66. The summed E-state index contributed by atoms with van der Waals surface area (Å²) < 4.78 is 0. The van der Waals surface area contributed by atoms with Crippen LogP contribution < -0.4 is 5.32 Å². The lowest BCUT2D eigenvalue weighted by Gasteiger charge is -2.16. The van der Waals surface area contributed by atoms with Crippen molar-refractivity contribution in [3.8, 4) is 0 Å². The predicted octanol–water partition coefficient (Wildman–Crippen LogP) is -0.666. The van der Waals surface area contributed by atoms with Gasteiger partial charge in [-0.2, -0.15) is 4.79 Å². The second-order valence-electron chi connectivity index (χ2n) is 4.31. The van der Waals surface area contributed by atoms with Gasteiger partial charge in [-0.25, -0.2) is 4.79 Å². The summed E-state index contributed by atoms with van der Waals surface area (Å²) in [7, 11) is 0. The van der Waals surface area contributed by atoms with Crippen LogP contribution >= 0.6 is 0 Å². The van der Waals surface area contributed by atoms with Gasteiger partial charge in [-0.1, -0.05) is 6.07 Å². The second kappa shape index (κ2) is 8.40. The summed E-state index contributed by atoms with van der Waals surface area (Å²) in [6, 6.07) is 3.23. The Kier molecular flexibility index (Phi) is 6.55. The maximum atomic E-state index is 11.8. The highest BCUT2D eigenvalue weighted by Crippen LogP contribution is 2.10. The molecule has 0 saturated heterocycles. The van der Waals surface area contributed by atoms with Crippen LogP contribution in [0.5, 0.6) is 0 Å². The van der Waals surface area contributed by atoms with Crippen LogP contribution in [0.15, 0.2) is 24.4 Å². The number of pyridine rings is 1. The summed E-state index contributed by atoms with van der Waals surface area (Å²) in [4.78, 5) is 40.3. The molecule has 0 fully saturated rings. The molecule has 0 aromatic carbocycles. The number of carboxylic acid groups (broad SMARTS) is 1. The molecule has 1 aromatic rings. The number of hydrogen-bond donors (Lipinski definition) is 3. The molecule has 3 N–H and O–H groups in total. The van der Waals surface area contributed by atoms with Crippen molar-refractivity contribution in [1.29, 1.82) is 0 Å². The van der Waals surface area contributed by atoms with Crippen molar-refractivity contribution >= 4 is 23.9 Å². The number of carbonyl (C=O) groups is 3. The molecule has 0 saturated carbocycles. The van der Waals surface area contributed by atoms with Crippen molar-refractivity contribution in [1.82, 2.24) is 10.3 Å². The standard InChI is InChI=1S/C13H14N4O5/c14-16-7-8(18)4-5-10(13(21)22)17-12(20)11(19)9-3-1-2-6-15-9/h1-3,6-7,10-11,19H,4-5H2,(H,17,20)(H,21,22)/t10-,11-/m0/s1. The number of aliphatic hydroxyl groups is 1. The van der Waals surface area contributed by atoms with Crippen molar-refractivity contribution < 1.29 is 29.4 Å². The van der Waals surface area contributed by atoms with Gasteiger partial charge < -0.3 is 21.1 Å². The number of nitrogens with zero attached hydrogens (tertiary/aromatic N) is 3. The van der Waals surface area contributed by atoms with Crippen LogP contribution in [-0.4, -0.2) is 49.9 Å². The third-order valence-electron chi connectivity index (χ3n) is 2.71. The second-order valence-corrected chi connectivity index (χ2v) is 4.31. The van der Waals surface area contributed by atoms with Crippen molar-refractivity contribution in [2.24, 2.45) is 0 Å². The van der Waals surface area contributed by atoms with Crippen molar-refractivity contribution in [3.05, 3.63) is 35.6 Å². The summed E-state index contributed by atoms with van der Waals surface area (Å²) in [5, 5.41) is 20.9. The van der Waals surface area contributed by atoms with Gasteiger partial charge in [-0.05, 0) is 18.6 Å². The van der Waals surface area contributed by atoms with E-state index in [1.807, 2.05) is 0 Å². The SMILES string of the molecule is [N-]=[N+]=CC(=O)CC[C@H](NC(=O)[C@@H](O)c1ccccn1)C(=O)O. The summed E-state index contributed by atoms with van der Waals surface area (Å²) in [5.74, 6) is -2.88. The van der Waals surface area contributed by atoms with Gasteiger partial charge in [0.05, 0.1) is 5.69 Å². The van der Waals surface area contributed by atoms with E-state index >= 15 is 0 Å². The van der Waals surface area contributed by atoms with Gasteiger partial charge in [-0.15, -0.1) is 0 Å². The predicted molar refractivity (Wildman–Crippen MR) is 72.7 cm³/mol. The molecular formula is C13H14N4O5. The minimum atomic E-state index is -1.61. The Hall–Kier alpha value is -2.90. The fraction of sp³-hybridized carbons (Fsp3) is 0.308. The van der Waals surface area contributed by atoms with E-state index in [0.717, 1.165) is 0 Å². The van der Waals surface area contributed by atoms with Crippen molar-refractivity contribution in [3.63, 3.8) is 0 Å². The van der Waals surface area contributed by atoms with Crippen LogP contribution in [0, 0.1) is 0 Å². The van der Waals surface area contributed by atoms with E-state index in [2.05, 4.69) is 15.1 Å². The molecule has 0 bridgehead atoms. The first-order valence-electron chi connectivity index (χ1n) is 6.28. The van der Waals surface area contributed by atoms with E-state index in [1.165, 1.54) is 12.3 Å². The highest BCUT2D eigenvalue weighted by Gasteiger charge is 2.26. The Morgan fingerprint density at radius 2 is 2.14 bits per heavy atom. The quantitative estimate of drug-likeness (QED) is 0.329. The number of nitrogens with one attached hydrogen (secondary N) is 1. The third-order valence-corrected chi connectivity index (χ3v) is 2.71. The average Bonchev–Trinajstić information content (AvgIpc) is 2.51. The summed E-state index contributed by atoms with van der Waals surface area (Å²) in [6.45, 7) is 0. The molecule has 1 aromatic heterocycles. The van der Waals surface area contributed by atoms with Crippen molar-refractivity contribution in [2.45, 2.75) is 25.0 Å². The largest absolute Gasteiger partial charge is 0.480 e. The normalized spacial score (nSPS) is 12.6. The molecule has 0 aliphatic heterocycles. The zero-order valence-corrected chi connectivity index (χ0v) is 11.4. The van der Waals surface area contributed by atoms with Gasteiger partial charge in [0, 0.05) is 12.6 Å². The Bertz CT molecular complexity index is 598. The van der Waals surface area contributed by atoms with Crippen LogP contribution in [0.1, 0.15) is 24.6 Å². The highest BCUT2D eigenvalue weighted by atomic mass is 16.4. The molecule has 0 radical (unpaired) electrons. The van der Waals surface area contributed by atoms with Gasteiger partial charge in [0.1, 0.15) is 6.04 Å². The van der Waals surface area contributed by atoms with Crippen LogP contribution in [0.4, 0.5) is 0 Å². The smallest absolute Gasteiger partial charge is 0.326 e. The molecular weight excluding hydrogens is 292 g/mol. The van der Waals surface area contributed by atoms with E-state index in [0.29, 0.717) is 6.21 Å². The van der Waals surface area contributed by atoms with Gasteiger partial charge in [0.15, 0.2) is 6.10 Å². The molecule has 22 heavy (non-hydrogen) atoms. The topological polar surface area (TPSA) is 153 Å². The van der Waals surface area contributed by atoms with E-state index in [-0.39, 0.29) is 18.5 Å². The number of carbonyl (C=O) groups excluding carboxylic acids is 2. The number of amides is 1. The minimum Gasteiger partial charge on any atom is -0.480 e. The molecule has 2 atom stereocenters. The first-order valence-corrected chi connectivity index (χ1v) is 6.28. The molecule has 1 rings (SSSR count). The summed E-state index contributed by atoms with van der Waals surface area (Å²) in [5.41, 5.74) is 8.25. The molecule has 1 amide bonds. The number of hydrogen-bond acceptors (Lipinski definition) is 5. The van der Waals surface area contributed by atoms with Gasteiger partial charge in [-0.3, -0.25) is 14.6 Å². The molecule has 0 aliphatic rings. The molecule has 9 nitrogen and oxygen atoms in total. The maximum Gasteiger partial charge on any atom is 0.326 e. The molecule has 0 unspecified atom stereocenters. The van der Waals surface area contributed by atoms with Crippen LogP contribution in [0.2, 0.25) is 0 Å². The molecule has 1 heterocycles. The van der Waals surface area contributed by atoms with Gasteiger partial charge in [0.25, 0.3) is 5.91 Å². The fourth-order valence-electron chi connectivity index (χ4n) is 1.60. The number of aromatic nitrogens is 1. The number of rotatable bonds is 8. The maximum absolute atomic E-state index is 11.8. The zero-order valence-electron chi connectivity index (χ0n) is 11.4. The molecule has 116 valence electrons. The molecule has 0 spiro atoms. The number of aliphatic carboxylic acids is 1. The van der Waals surface area contributed by atoms with E-state index < -0.39 is 29.8 Å². The lowest BCUT2D eigenvalue weighted by atomic mass is 10.1. The summed E-state index contributed by atoms with van der Waals surface area (Å²) >= 11 is 0.